The van der Waals surface area contributed by atoms with E-state index in [0.717, 1.165) is 30.9 Å². The Balaban J connectivity index is 1.49. The molecule has 3 rings (SSSR count). The maximum Gasteiger partial charge on any atom is 0.319 e. The van der Waals surface area contributed by atoms with Gasteiger partial charge < -0.3 is 15.2 Å². The molecule has 0 atom stereocenters. The topological polar surface area (TPSA) is 59.0 Å². The zero-order valence-electron chi connectivity index (χ0n) is 14.7. The van der Waals surface area contributed by atoms with Gasteiger partial charge in [-0.25, -0.2) is 9.78 Å². The fourth-order valence-corrected chi connectivity index (χ4v) is 2.89. The Morgan fingerprint density at radius 2 is 2.00 bits per heavy atom. The van der Waals surface area contributed by atoms with Crippen LogP contribution < -0.4 is 10.6 Å². The number of urea groups is 1. The predicted molar refractivity (Wildman–Crippen MR) is 96.2 cm³/mol. The van der Waals surface area contributed by atoms with Crippen LogP contribution in [0.4, 0.5) is 10.5 Å². The van der Waals surface area contributed by atoms with E-state index in [1.807, 2.05) is 31.5 Å². The van der Waals surface area contributed by atoms with Gasteiger partial charge in [-0.1, -0.05) is 26.0 Å². The molecule has 0 saturated heterocycles. The van der Waals surface area contributed by atoms with Crippen LogP contribution in [0.5, 0.6) is 0 Å². The van der Waals surface area contributed by atoms with Crippen molar-refractivity contribution in [1.82, 2.24) is 14.9 Å². The van der Waals surface area contributed by atoms with E-state index in [1.54, 1.807) is 0 Å². The first kappa shape index (κ1) is 16.6. The molecular weight excluding hydrogens is 300 g/mol. The van der Waals surface area contributed by atoms with Gasteiger partial charge in [-0.3, -0.25) is 0 Å². The van der Waals surface area contributed by atoms with Crippen molar-refractivity contribution in [2.24, 2.45) is 5.41 Å². The molecule has 128 valence electrons. The van der Waals surface area contributed by atoms with E-state index in [9.17, 15) is 4.79 Å². The molecule has 1 aliphatic carbocycles. The van der Waals surface area contributed by atoms with Gasteiger partial charge in [-0.05, 0) is 43.4 Å². The van der Waals surface area contributed by atoms with Gasteiger partial charge in [0, 0.05) is 36.6 Å². The van der Waals surface area contributed by atoms with Gasteiger partial charge in [-0.2, -0.15) is 0 Å². The van der Waals surface area contributed by atoms with Crippen molar-refractivity contribution in [3.8, 4) is 0 Å². The van der Waals surface area contributed by atoms with Crippen LogP contribution in [0.25, 0.3) is 0 Å². The summed E-state index contributed by atoms with van der Waals surface area (Å²) in [6.45, 7) is 7.94. The lowest BCUT2D eigenvalue weighted by molar-refractivity contribution is 0.248. The summed E-state index contributed by atoms with van der Waals surface area (Å²) in [5.41, 5.74) is 2.28. The molecule has 1 saturated carbocycles. The number of aryl methyl sites for hydroxylation is 1. The van der Waals surface area contributed by atoms with E-state index in [0.29, 0.717) is 12.5 Å². The Hall–Kier alpha value is -2.30. The smallest absolute Gasteiger partial charge is 0.319 e. The highest BCUT2D eigenvalue weighted by atomic mass is 16.2. The second-order valence-electron chi connectivity index (χ2n) is 7.19. The van der Waals surface area contributed by atoms with Crippen molar-refractivity contribution in [2.45, 2.75) is 46.1 Å². The number of aromatic nitrogens is 2. The van der Waals surface area contributed by atoms with Crippen LogP contribution in [0.2, 0.25) is 0 Å². The number of hydrogen-bond acceptors (Lipinski definition) is 2. The quantitative estimate of drug-likeness (QED) is 0.845. The van der Waals surface area contributed by atoms with Crippen molar-refractivity contribution in [1.29, 1.82) is 0 Å². The maximum atomic E-state index is 12.1. The van der Waals surface area contributed by atoms with Gasteiger partial charge in [0.2, 0.25) is 0 Å². The molecule has 0 bridgehead atoms. The number of carbonyl (C=O) groups excluding carboxylic acids is 1. The molecule has 2 amide bonds. The summed E-state index contributed by atoms with van der Waals surface area (Å²) in [6, 6.07) is 7.89. The van der Waals surface area contributed by atoms with Crippen LogP contribution in [0.3, 0.4) is 0 Å². The number of nitrogens with zero attached hydrogens (tertiary/aromatic N) is 2. The SMILES string of the molecule is Cc1nccn1CC1(CNC(=O)Nc2ccc(C(C)C)cc2)CC1. The van der Waals surface area contributed by atoms with Crippen LogP contribution in [0.1, 0.15) is 44.0 Å². The molecule has 2 N–H and O–H groups in total. The highest BCUT2D eigenvalue weighted by Crippen LogP contribution is 2.46. The molecule has 0 spiro atoms. The summed E-state index contributed by atoms with van der Waals surface area (Å²) in [4.78, 5) is 16.4. The van der Waals surface area contributed by atoms with Gasteiger partial charge in [0.05, 0.1) is 0 Å². The molecule has 24 heavy (non-hydrogen) atoms. The second kappa shape index (κ2) is 6.67. The number of hydrogen-bond donors (Lipinski definition) is 2. The minimum Gasteiger partial charge on any atom is -0.337 e. The highest BCUT2D eigenvalue weighted by Gasteiger charge is 2.43. The summed E-state index contributed by atoms with van der Waals surface area (Å²) >= 11 is 0. The lowest BCUT2D eigenvalue weighted by atomic mass is 10.0. The number of imidazole rings is 1. The van der Waals surface area contributed by atoms with Crippen molar-refractivity contribution in [2.75, 3.05) is 11.9 Å². The van der Waals surface area contributed by atoms with E-state index in [1.165, 1.54) is 5.56 Å². The summed E-state index contributed by atoms with van der Waals surface area (Å²) in [6.07, 6.45) is 6.13. The monoisotopic (exact) mass is 326 g/mol. The van der Waals surface area contributed by atoms with E-state index in [4.69, 9.17) is 0 Å². The average Bonchev–Trinajstić information content (AvgIpc) is 3.21. The number of amides is 2. The van der Waals surface area contributed by atoms with E-state index >= 15 is 0 Å². The van der Waals surface area contributed by atoms with Gasteiger partial charge >= 0.3 is 6.03 Å². The Labute approximate surface area is 143 Å². The van der Waals surface area contributed by atoms with Gasteiger partial charge in [-0.15, -0.1) is 0 Å². The van der Waals surface area contributed by atoms with Gasteiger partial charge in [0.1, 0.15) is 5.82 Å². The molecule has 2 aromatic rings. The normalized spacial score (nSPS) is 15.3. The van der Waals surface area contributed by atoms with Crippen molar-refractivity contribution in [3.63, 3.8) is 0 Å². The number of benzene rings is 1. The molecule has 0 radical (unpaired) electrons. The molecule has 0 unspecified atom stereocenters. The zero-order chi connectivity index (χ0) is 17.2. The summed E-state index contributed by atoms with van der Waals surface area (Å²) < 4.78 is 2.16. The first-order valence-electron chi connectivity index (χ1n) is 8.60. The molecule has 1 aromatic carbocycles. The van der Waals surface area contributed by atoms with Crippen molar-refractivity contribution < 1.29 is 4.79 Å². The van der Waals surface area contributed by atoms with Crippen LogP contribution in [-0.4, -0.2) is 22.1 Å². The minimum atomic E-state index is -0.138. The van der Waals surface area contributed by atoms with Crippen molar-refractivity contribution >= 4 is 11.7 Å². The number of nitrogens with one attached hydrogen (secondary N) is 2. The first-order chi connectivity index (χ1) is 11.5. The average molecular weight is 326 g/mol. The maximum absolute atomic E-state index is 12.1. The molecule has 1 fully saturated rings. The third-order valence-corrected chi connectivity index (χ3v) is 4.85. The lowest BCUT2D eigenvalue weighted by Gasteiger charge is -2.18. The van der Waals surface area contributed by atoms with E-state index in [2.05, 4.69) is 46.2 Å². The number of carbonyl (C=O) groups is 1. The van der Waals surface area contributed by atoms with Crippen molar-refractivity contribution in [3.05, 3.63) is 48.0 Å². The highest BCUT2D eigenvalue weighted by molar-refractivity contribution is 5.89. The molecule has 0 aliphatic heterocycles. The van der Waals surface area contributed by atoms with Gasteiger partial charge in [0.25, 0.3) is 0 Å². The summed E-state index contributed by atoms with van der Waals surface area (Å²) in [5.74, 6) is 1.52. The largest absolute Gasteiger partial charge is 0.337 e. The first-order valence-corrected chi connectivity index (χ1v) is 8.60. The van der Waals surface area contributed by atoms with E-state index in [-0.39, 0.29) is 11.4 Å². The Kier molecular flexibility index (Phi) is 4.60. The Morgan fingerprint density at radius 3 is 2.54 bits per heavy atom. The van der Waals surface area contributed by atoms with Crippen LogP contribution in [0.15, 0.2) is 36.7 Å². The molecule has 5 nitrogen and oxygen atoms in total. The standard InChI is InChI=1S/C19H26N4O/c1-14(2)16-4-6-17(7-5-16)22-18(24)21-12-19(8-9-19)13-23-11-10-20-15(23)3/h4-7,10-11,14H,8-9,12-13H2,1-3H3,(H2,21,22,24). The summed E-state index contributed by atoms with van der Waals surface area (Å²) in [5, 5.41) is 5.93. The van der Waals surface area contributed by atoms with E-state index < -0.39 is 0 Å². The Bertz CT molecular complexity index is 698. The molecule has 1 aliphatic rings. The minimum absolute atomic E-state index is 0.138. The molecule has 1 heterocycles. The third-order valence-electron chi connectivity index (χ3n) is 4.85. The third kappa shape index (κ3) is 3.96. The molecular formula is C19H26N4O. The van der Waals surface area contributed by atoms with Gasteiger partial charge in [0.15, 0.2) is 0 Å². The lowest BCUT2D eigenvalue weighted by Crippen LogP contribution is -2.35. The number of anilines is 1. The summed E-state index contributed by atoms with van der Waals surface area (Å²) in [7, 11) is 0. The number of rotatable bonds is 6. The fraction of sp³-hybridized carbons (Fsp3) is 0.474. The van der Waals surface area contributed by atoms with Crippen LogP contribution in [0, 0.1) is 12.3 Å². The van der Waals surface area contributed by atoms with Crippen LogP contribution in [-0.2, 0) is 6.54 Å². The van der Waals surface area contributed by atoms with Crippen LogP contribution >= 0.6 is 0 Å². The molecule has 5 heteroatoms. The molecule has 1 aromatic heterocycles. The Morgan fingerprint density at radius 1 is 1.29 bits per heavy atom. The second-order valence-corrected chi connectivity index (χ2v) is 7.19. The zero-order valence-corrected chi connectivity index (χ0v) is 14.7. The fourth-order valence-electron chi connectivity index (χ4n) is 2.89. The predicted octanol–water partition coefficient (Wildman–Crippen LogP) is 3.92.